The smallest absolute Gasteiger partial charge is 0.317 e. The summed E-state index contributed by atoms with van der Waals surface area (Å²) in [4.78, 5) is 16.7. The highest BCUT2D eigenvalue weighted by Gasteiger charge is 2.70. The number of rotatable bonds is 2. The zero-order valence-electron chi connectivity index (χ0n) is 16.1. The molecule has 6 rings (SSSR count). The summed E-state index contributed by atoms with van der Waals surface area (Å²) in [5.74, 6) is -0.348. The van der Waals surface area contributed by atoms with Crippen molar-refractivity contribution in [1.82, 2.24) is 4.98 Å². The zero-order chi connectivity index (χ0) is 19.0. The molecule has 0 aliphatic carbocycles. The number of nitrogens with zero attached hydrogens (tertiary/aromatic N) is 1. The van der Waals surface area contributed by atoms with E-state index in [0.29, 0.717) is 6.04 Å². The van der Waals surface area contributed by atoms with E-state index in [1.807, 2.05) is 13.0 Å². The van der Waals surface area contributed by atoms with E-state index < -0.39 is 12.0 Å². The number of carbonyl (C=O) groups excluding carboxylic acids is 1. The molecule has 0 amide bonds. The second kappa shape index (κ2) is 5.46. The number of aromatic nitrogens is 1. The number of esters is 1. The number of hydrogen-bond acceptors (Lipinski definition) is 3. The van der Waals surface area contributed by atoms with Crippen molar-refractivity contribution in [3.8, 4) is 0 Å². The van der Waals surface area contributed by atoms with Gasteiger partial charge >= 0.3 is 5.97 Å². The van der Waals surface area contributed by atoms with Gasteiger partial charge in [0.15, 0.2) is 0 Å². The number of quaternary nitrogens is 1. The molecule has 1 aromatic heterocycles. The molecule has 3 saturated heterocycles. The predicted octanol–water partition coefficient (Wildman–Crippen LogP) is 2.08. The Balaban J connectivity index is 1.78. The van der Waals surface area contributed by atoms with Gasteiger partial charge in [0, 0.05) is 29.7 Å². The van der Waals surface area contributed by atoms with E-state index >= 15 is 0 Å². The molecule has 27 heavy (non-hydrogen) atoms. The van der Waals surface area contributed by atoms with Gasteiger partial charge in [0.2, 0.25) is 0 Å². The lowest BCUT2D eigenvalue weighted by Crippen LogP contribution is -2.77. The molecular formula is C22H26N2O3. The molecule has 142 valence electrons. The first kappa shape index (κ1) is 17.0. The van der Waals surface area contributed by atoms with Gasteiger partial charge in [-0.05, 0) is 24.1 Å². The van der Waals surface area contributed by atoms with Crippen molar-refractivity contribution < 1.29 is 19.1 Å². The molecule has 1 N–H and O–H groups in total. The summed E-state index contributed by atoms with van der Waals surface area (Å²) in [5.41, 5.74) is 4.01. The van der Waals surface area contributed by atoms with Gasteiger partial charge in [-0.3, -0.25) is 4.79 Å². The Bertz CT molecular complexity index is 977. The topological polar surface area (TPSA) is 65.2 Å². The van der Waals surface area contributed by atoms with Crippen LogP contribution < -0.4 is 5.11 Å². The van der Waals surface area contributed by atoms with Crippen molar-refractivity contribution in [3.63, 3.8) is 0 Å². The Morgan fingerprint density at radius 1 is 1.44 bits per heavy atom. The average Bonchev–Trinajstić information content (AvgIpc) is 3.05. The maximum absolute atomic E-state index is 13.1. The first-order valence-electron chi connectivity index (χ1n) is 9.77. The second-order valence-electron chi connectivity index (χ2n) is 8.63. The van der Waals surface area contributed by atoms with Crippen LogP contribution in [0.4, 0.5) is 0 Å². The quantitative estimate of drug-likeness (QED) is 0.503. The zero-order valence-corrected chi connectivity index (χ0v) is 16.1. The van der Waals surface area contributed by atoms with Gasteiger partial charge < -0.3 is 19.3 Å². The predicted molar refractivity (Wildman–Crippen MR) is 101 cm³/mol. The summed E-state index contributed by atoms with van der Waals surface area (Å²) in [6.07, 6.45) is 3.69. The number of hydrogen-bond donors (Lipinski definition) is 1. The molecule has 0 spiro atoms. The number of allylic oxidation sites excluding steroid dienone is 1. The van der Waals surface area contributed by atoms with Crippen LogP contribution in [0.5, 0.6) is 0 Å². The Morgan fingerprint density at radius 2 is 2.22 bits per heavy atom. The fourth-order valence-electron chi connectivity index (χ4n) is 6.59. The van der Waals surface area contributed by atoms with Crippen LogP contribution in [0.2, 0.25) is 0 Å². The lowest BCUT2D eigenvalue weighted by molar-refractivity contribution is -0.982. The van der Waals surface area contributed by atoms with E-state index in [9.17, 15) is 9.90 Å². The van der Waals surface area contributed by atoms with Crippen molar-refractivity contribution in [2.45, 2.75) is 31.8 Å². The number of fused-ring (bicyclic) bond motifs is 4. The number of carbonyl (C=O) groups is 1. The molecule has 5 unspecified atom stereocenters. The summed E-state index contributed by atoms with van der Waals surface area (Å²) in [6, 6.07) is 8.62. The highest BCUT2D eigenvalue weighted by Crippen LogP contribution is 2.62. The summed E-state index contributed by atoms with van der Waals surface area (Å²) in [6.45, 7) is 2.52. The van der Waals surface area contributed by atoms with E-state index in [4.69, 9.17) is 4.74 Å². The Labute approximate surface area is 159 Å². The van der Waals surface area contributed by atoms with Crippen LogP contribution in [0.15, 0.2) is 35.9 Å². The van der Waals surface area contributed by atoms with Crippen molar-refractivity contribution in [2.75, 3.05) is 27.3 Å². The molecule has 0 radical (unpaired) electrons. The summed E-state index contributed by atoms with van der Waals surface area (Å²) in [7, 11) is 3.65. The molecule has 5 atom stereocenters. The van der Waals surface area contributed by atoms with Gasteiger partial charge in [-0.2, -0.15) is 0 Å². The molecule has 0 saturated carbocycles. The lowest BCUT2D eigenvalue weighted by atomic mass is 9.54. The molecule has 4 aliphatic rings. The van der Waals surface area contributed by atoms with Crippen LogP contribution in [0.25, 0.3) is 10.9 Å². The Kier molecular flexibility index (Phi) is 3.44. The molecule has 5 heterocycles. The van der Waals surface area contributed by atoms with Crippen LogP contribution in [0.3, 0.4) is 0 Å². The number of methoxy groups -OCH3 is 1. The lowest BCUT2D eigenvalue weighted by Gasteiger charge is -2.67. The number of likely N-dealkylation sites (N-methyl/N-ethyl adjacent to an activating group) is 1. The van der Waals surface area contributed by atoms with Crippen molar-refractivity contribution >= 4 is 16.9 Å². The van der Waals surface area contributed by atoms with Crippen LogP contribution in [0, 0.1) is 11.3 Å². The third-order valence-corrected chi connectivity index (χ3v) is 7.82. The maximum Gasteiger partial charge on any atom is 0.317 e. The third-order valence-electron chi connectivity index (χ3n) is 7.82. The monoisotopic (exact) mass is 366 g/mol. The molecular weight excluding hydrogens is 340 g/mol. The number of benzene rings is 1. The van der Waals surface area contributed by atoms with Gasteiger partial charge in [-0.25, -0.2) is 0 Å². The Morgan fingerprint density at radius 3 is 2.93 bits per heavy atom. The van der Waals surface area contributed by atoms with Gasteiger partial charge in [0.25, 0.3) is 0 Å². The minimum absolute atomic E-state index is 0.0260. The molecule has 5 nitrogen and oxygen atoms in total. The number of H-pyrrole nitrogens is 1. The van der Waals surface area contributed by atoms with E-state index in [2.05, 4.69) is 36.3 Å². The highest BCUT2D eigenvalue weighted by molar-refractivity contribution is 5.86. The molecule has 4 aliphatic heterocycles. The molecule has 3 fully saturated rings. The minimum atomic E-state index is -0.976. The summed E-state index contributed by atoms with van der Waals surface area (Å²) < 4.78 is 5.97. The number of aromatic amines is 1. The summed E-state index contributed by atoms with van der Waals surface area (Å²) >= 11 is 0. The molecule has 2 aromatic rings. The third kappa shape index (κ3) is 1.84. The largest absolute Gasteiger partial charge is 0.853 e. The fraction of sp³-hybridized carbons (Fsp3) is 0.500. The van der Waals surface area contributed by atoms with Gasteiger partial charge in [-0.1, -0.05) is 24.3 Å². The first-order valence-corrected chi connectivity index (χ1v) is 9.77. The first-order chi connectivity index (χ1) is 13.0. The SMILES string of the molecule is C/C=C1/C[N+]2(C)C3CC1C(C[O-])(C(=O)OC)C2Cc1c3[nH]c2ccccc12. The number of piperidine rings is 3. The minimum Gasteiger partial charge on any atom is -0.853 e. The number of para-hydroxylation sites is 1. The average molecular weight is 366 g/mol. The van der Waals surface area contributed by atoms with Gasteiger partial charge in [-0.15, -0.1) is 6.61 Å². The maximum atomic E-state index is 13.1. The standard InChI is InChI=1S/C22H26N2O3/c1-4-13-11-24(2)18-10-16(13)22(12-25,21(26)27-3)19(24)9-15-14-7-5-6-8-17(14)23-20(15)18/h4-8,16,18-19,23H,9-12H2,1-3H3/b13-4-. The van der Waals surface area contributed by atoms with Gasteiger partial charge in [0.1, 0.15) is 24.0 Å². The van der Waals surface area contributed by atoms with E-state index in [-0.39, 0.29) is 17.9 Å². The van der Waals surface area contributed by atoms with Gasteiger partial charge in [0.05, 0.1) is 19.9 Å². The highest BCUT2D eigenvalue weighted by atomic mass is 16.5. The fourth-order valence-corrected chi connectivity index (χ4v) is 6.59. The van der Waals surface area contributed by atoms with Crippen molar-refractivity contribution in [3.05, 3.63) is 47.2 Å². The van der Waals surface area contributed by atoms with Crippen molar-refractivity contribution in [2.24, 2.45) is 11.3 Å². The second-order valence-corrected chi connectivity index (χ2v) is 8.63. The molecule has 5 heteroatoms. The number of nitrogens with one attached hydrogen (secondary N) is 1. The van der Waals surface area contributed by atoms with E-state index in [1.165, 1.54) is 29.3 Å². The van der Waals surface area contributed by atoms with Crippen LogP contribution in [-0.2, 0) is 16.0 Å². The molecule has 4 bridgehead atoms. The number of ether oxygens (including phenoxy) is 1. The van der Waals surface area contributed by atoms with Crippen LogP contribution in [-0.4, -0.2) is 48.8 Å². The molecule has 1 aromatic carbocycles. The Hall–Kier alpha value is -2.11. The summed E-state index contributed by atoms with van der Waals surface area (Å²) in [5, 5.41) is 13.9. The van der Waals surface area contributed by atoms with E-state index in [1.54, 1.807) is 0 Å². The van der Waals surface area contributed by atoms with Crippen LogP contribution >= 0.6 is 0 Å². The van der Waals surface area contributed by atoms with Crippen molar-refractivity contribution in [1.29, 1.82) is 0 Å². The van der Waals surface area contributed by atoms with Crippen LogP contribution in [0.1, 0.15) is 30.6 Å². The normalized spacial score (nSPS) is 38.2. The van der Waals surface area contributed by atoms with E-state index in [0.717, 1.165) is 29.4 Å².